The molecule has 1 saturated carbocycles. The molecule has 1 fully saturated rings. The molecule has 3 N–H and O–H groups in total. The Morgan fingerprint density at radius 1 is 1.45 bits per heavy atom. The van der Waals surface area contributed by atoms with E-state index < -0.39 is 6.04 Å². The SMILES string of the molecule is NC(CO)CC(=O)N(Cc1cccc(Cl)c1Cl)C1CC1. The molecule has 4 nitrogen and oxygen atoms in total. The minimum absolute atomic E-state index is 0.0508. The summed E-state index contributed by atoms with van der Waals surface area (Å²) in [5.74, 6) is -0.0508. The molecule has 0 aromatic heterocycles. The maximum absolute atomic E-state index is 12.3. The average molecular weight is 317 g/mol. The van der Waals surface area contributed by atoms with Crippen molar-refractivity contribution in [3.63, 3.8) is 0 Å². The molecule has 20 heavy (non-hydrogen) atoms. The Balaban J connectivity index is 2.10. The zero-order valence-corrected chi connectivity index (χ0v) is 12.6. The van der Waals surface area contributed by atoms with Gasteiger partial charge in [0, 0.05) is 25.0 Å². The molecule has 2 rings (SSSR count). The Morgan fingerprint density at radius 2 is 2.15 bits per heavy atom. The van der Waals surface area contributed by atoms with E-state index in [0.29, 0.717) is 16.6 Å². The molecule has 0 radical (unpaired) electrons. The van der Waals surface area contributed by atoms with Gasteiger partial charge in [0.15, 0.2) is 0 Å². The Kier molecular flexibility index (Phi) is 5.27. The molecule has 6 heteroatoms. The lowest BCUT2D eigenvalue weighted by molar-refractivity contribution is -0.133. The van der Waals surface area contributed by atoms with Crippen molar-refractivity contribution >= 4 is 29.1 Å². The largest absolute Gasteiger partial charge is 0.395 e. The van der Waals surface area contributed by atoms with Crippen molar-refractivity contribution in [3.05, 3.63) is 33.8 Å². The fourth-order valence-electron chi connectivity index (χ4n) is 2.07. The molecule has 0 saturated heterocycles. The van der Waals surface area contributed by atoms with E-state index in [0.717, 1.165) is 18.4 Å². The van der Waals surface area contributed by atoms with E-state index in [2.05, 4.69) is 0 Å². The van der Waals surface area contributed by atoms with Gasteiger partial charge < -0.3 is 15.7 Å². The number of benzene rings is 1. The molecular formula is C14H18Cl2N2O2. The molecule has 0 bridgehead atoms. The molecular weight excluding hydrogens is 299 g/mol. The second kappa shape index (κ2) is 6.76. The highest BCUT2D eigenvalue weighted by Crippen LogP contribution is 2.32. The maximum atomic E-state index is 12.3. The molecule has 1 aliphatic carbocycles. The number of aliphatic hydroxyl groups is 1. The second-order valence-electron chi connectivity index (χ2n) is 5.11. The van der Waals surface area contributed by atoms with Gasteiger partial charge in [-0.1, -0.05) is 35.3 Å². The smallest absolute Gasteiger partial charge is 0.224 e. The average Bonchev–Trinajstić information content (AvgIpc) is 3.24. The first kappa shape index (κ1) is 15.6. The number of carbonyl (C=O) groups is 1. The molecule has 0 spiro atoms. The van der Waals surface area contributed by atoms with Crippen LogP contribution in [0.15, 0.2) is 18.2 Å². The molecule has 110 valence electrons. The van der Waals surface area contributed by atoms with Gasteiger partial charge in [0.05, 0.1) is 16.7 Å². The van der Waals surface area contributed by atoms with E-state index >= 15 is 0 Å². The zero-order chi connectivity index (χ0) is 14.7. The number of rotatable bonds is 6. The van der Waals surface area contributed by atoms with Gasteiger partial charge in [-0.3, -0.25) is 4.79 Å². The van der Waals surface area contributed by atoms with Crippen molar-refractivity contribution in [1.82, 2.24) is 4.90 Å². The first-order chi connectivity index (χ1) is 9.52. The first-order valence-corrected chi connectivity index (χ1v) is 7.37. The second-order valence-corrected chi connectivity index (χ2v) is 5.90. The fourth-order valence-corrected chi connectivity index (χ4v) is 2.45. The number of aliphatic hydroxyl groups excluding tert-OH is 1. The Morgan fingerprint density at radius 3 is 2.75 bits per heavy atom. The highest BCUT2D eigenvalue weighted by atomic mass is 35.5. The van der Waals surface area contributed by atoms with Gasteiger partial charge in [0.1, 0.15) is 0 Å². The molecule has 1 unspecified atom stereocenters. The van der Waals surface area contributed by atoms with Crippen molar-refractivity contribution in [2.24, 2.45) is 5.73 Å². The Bertz CT molecular complexity index is 492. The molecule has 1 aliphatic rings. The molecule has 1 atom stereocenters. The van der Waals surface area contributed by atoms with Crippen molar-refractivity contribution < 1.29 is 9.90 Å². The summed E-state index contributed by atoms with van der Waals surface area (Å²) in [6.07, 6.45) is 2.14. The van der Waals surface area contributed by atoms with Crippen LogP contribution in [0, 0.1) is 0 Å². The van der Waals surface area contributed by atoms with Crippen LogP contribution < -0.4 is 5.73 Å². The van der Waals surface area contributed by atoms with Crippen LogP contribution in [0.2, 0.25) is 10.0 Å². The van der Waals surface area contributed by atoms with Crippen LogP contribution in [0.3, 0.4) is 0 Å². The summed E-state index contributed by atoms with van der Waals surface area (Å²) in [4.78, 5) is 14.0. The lowest BCUT2D eigenvalue weighted by Crippen LogP contribution is -2.38. The third-order valence-electron chi connectivity index (χ3n) is 3.35. The van der Waals surface area contributed by atoms with Crippen LogP contribution in [0.1, 0.15) is 24.8 Å². The molecule has 0 heterocycles. The number of amides is 1. The van der Waals surface area contributed by atoms with Crippen LogP contribution in [-0.2, 0) is 11.3 Å². The maximum Gasteiger partial charge on any atom is 0.224 e. The normalized spacial score (nSPS) is 16.0. The van der Waals surface area contributed by atoms with Gasteiger partial charge >= 0.3 is 0 Å². The van der Waals surface area contributed by atoms with Gasteiger partial charge in [0.25, 0.3) is 0 Å². The van der Waals surface area contributed by atoms with E-state index in [1.54, 1.807) is 11.0 Å². The van der Waals surface area contributed by atoms with Gasteiger partial charge in [-0.2, -0.15) is 0 Å². The van der Waals surface area contributed by atoms with Crippen molar-refractivity contribution in [2.75, 3.05) is 6.61 Å². The number of hydrogen-bond acceptors (Lipinski definition) is 3. The lowest BCUT2D eigenvalue weighted by Gasteiger charge is -2.24. The van der Waals surface area contributed by atoms with Gasteiger partial charge in [-0.25, -0.2) is 0 Å². The van der Waals surface area contributed by atoms with Crippen LogP contribution in [0.25, 0.3) is 0 Å². The predicted octanol–water partition coefficient (Wildman–Crippen LogP) is 2.19. The summed E-state index contributed by atoms with van der Waals surface area (Å²) >= 11 is 12.2. The summed E-state index contributed by atoms with van der Waals surface area (Å²) in [5, 5.41) is 9.93. The van der Waals surface area contributed by atoms with Crippen LogP contribution in [-0.4, -0.2) is 34.6 Å². The number of nitrogens with two attached hydrogens (primary N) is 1. The molecule has 1 aromatic rings. The summed E-state index contributed by atoms with van der Waals surface area (Å²) < 4.78 is 0. The lowest BCUT2D eigenvalue weighted by atomic mass is 10.1. The van der Waals surface area contributed by atoms with Gasteiger partial charge in [0.2, 0.25) is 5.91 Å². The summed E-state index contributed by atoms with van der Waals surface area (Å²) in [5.41, 5.74) is 6.47. The van der Waals surface area contributed by atoms with Gasteiger partial charge in [-0.15, -0.1) is 0 Å². The molecule has 0 aliphatic heterocycles. The number of carbonyl (C=O) groups excluding carboxylic acids is 1. The Labute approximate surface area is 128 Å². The minimum atomic E-state index is -0.515. The monoisotopic (exact) mass is 316 g/mol. The fraction of sp³-hybridized carbons (Fsp3) is 0.500. The molecule has 1 aromatic carbocycles. The van der Waals surface area contributed by atoms with Crippen LogP contribution in [0.5, 0.6) is 0 Å². The molecule has 1 amide bonds. The van der Waals surface area contributed by atoms with E-state index in [-0.39, 0.29) is 25.0 Å². The van der Waals surface area contributed by atoms with Crippen molar-refractivity contribution in [1.29, 1.82) is 0 Å². The highest BCUT2D eigenvalue weighted by Gasteiger charge is 2.33. The van der Waals surface area contributed by atoms with E-state index in [9.17, 15) is 4.79 Å². The Hall–Kier alpha value is -0.810. The van der Waals surface area contributed by atoms with Gasteiger partial charge in [-0.05, 0) is 24.5 Å². The van der Waals surface area contributed by atoms with Crippen molar-refractivity contribution in [2.45, 2.75) is 37.9 Å². The summed E-state index contributed by atoms with van der Waals surface area (Å²) in [6.45, 7) is 0.239. The minimum Gasteiger partial charge on any atom is -0.395 e. The first-order valence-electron chi connectivity index (χ1n) is 6.61. The third-order valence-corrected chi connectivity index (χ3v) is 4.21. The summed E-state index contributed by atoms with van der Waals surface area (Å²) in [7, 11) is 0. The number of halogens is 2. The quantitative estimate of drug-likeness (QED) is 0.845. The van der Waals surface area contributed by atoms with Crippen molar-refractivity contribution in [3.8, 4) is 0 Å². The van der Waals surface area contributed by atoms with E-state index in [4.69, 9.17) is 34.0 Å². The third kappa shape index (κ3) is 3.85. The van der Waals surface area contributed by atoms with E-state index in [1.807, 2.05) is 12.1 Å². The standard InChI is InChI=1S/C14H18Cl2N2O2/c15-12-3-1-2-9(14(12)16)7-18(11-4-5-11)13(20)6-10(17)8-19/h1-3,10-11,19H,4-8,17H2. The highest BCUT2D eigenvalue weighted by molar-refractivity contribution is 6.42. The number of nitrogens with zero attached hydrogens (tertiary/aromatic N) is 1. The number of hydrogen-bond donors (Lipinski definition) is 2. The van der Waals surface area contributed by atoms with E-state index in [1.165, 1.54) is 0 Å². The van der Waals surface area contributed by atoms with Crippen LogP contribution in [0.4, 0.5) is 0 Å². The topological polar surface area (TPSA) is 66.6 Å². The van der Waals surface area contributed by atoms with Crippen LogP contribution >= 0.6 is 23.2 Å². The predicted molar refractivity (Wildman–Crippen MR) is 79.7 cm³/mol. The summed E-state index contributed by atoms with van der Waals surface area (Å²) in [6, 6.07) is 5.14. The zero-order valence-electron chi connectivity index (χ0n) is 11.1.